The number of halogens is 2. The zero-order valence-corrected chi connectivity index (χ0v) is 12.1. The number of nitrogens with zero attached hydrogens (tertiary/aromatic N) is 2. The highest BCUT2D eigenvalue weighted by atomic mass is 79.9. The first-order valence-corrected chi connectivity index (χ1v) is 6.50. The van der Waals surface area contributed by atoms with E-state index in [1.807, 2.05) is 18.7 Å². The van der Waals surface area contributed by atoms with Gasteiger partial charge in [-0.05, 0) is 41.1 Å². The number of hydrogen-bond acceptors (Lipinski definition) is 1. The van der Waals surface area contributed by atoms with Gasteiger partial charge < -0.3 is 0 Å². The minimum atomic E-state index is 0.157. The van der Waals surface area contributed by atoms with Crippen LogP contribution in [0.3, 0.4) is 0 Å². The van der Waals surface area contributed by atoms with Gasteiger partial charge in [-0.3, -0.25) is 4.68 Å². The molecule has 0 fully saturated rings. The van der Waals surface area contributed by atoms with E-state index in [4.69, 9.17) is 11.6 Å². The Bertz CT molecular complexity index is 343. The molecule has 0 aliphatic heterocycles. The molecule has 0 amide bonds. The fraction of sp³-hybridized carbons (Fsp3) is 0.727. The Morgan fingerprint density at radius 1 is 1.53 bits per heavy atom. The summed E-state index contributed by atoms with van der Waals surface area (Å²) >= 11 is 9.61. The van der Waals surface area contributed by atoms with Crippen LogP contribution in [0.1, 0.15) is 31.7 Å². The van der Waals surface area contributed by atoms with Crippen molar-refractivity contribution in [2.75, 3.05) is 5.88 Å². The number of hydrogen-bond donors (Lipinski definition) is 0. The van der Waals surface area contributed by atoms with Crippen LogP contribution in [0.4, 0.5) is 0 Å². The summed E-state index contributed by atoms with van der Waals surface area (Å²) in [5, 5.41) is 4.39. The first kappa shape index (κ1) is 13.0. The summed E-state index contributed by atoms with van der Waals surface area (Å²) in [6.45, 7) is 6.41. The van der Waals surface area contributed by atoms with E-state index >= 15 is 0 Å². The van der Waals surface area contributed by atoms with E-state index < -0.39 is 0 Å². The van der Waals surface area contributed by atoms with Crippen LogP contribution in [0.25, 0.3) is 0 Å². The first-order valence-electron chi connectivity index (χ1n) is 5.17. The molecule has 1 aromatic heterocycles. The van der Waals surface area contributed by atoms with Gasteiger partial charge in [0.2, 0.25) is 0 Å². The van der Waals surface area contributed by atoms with Gasteiger partial charge in [0.15, 0.2) is 0 Å². The minimum absolute atomic E-state index is 0.157. The maximum Gasteiger partial charge on any atom is 0.0738 e. The Morgan fingerprint density at radius 3 is 2.47 bits per heavy atom. The SMILES string of the molecule is CCC(C)(CCl)Cc1c(Br)c(C)nn1C. The average Bonchev–Trinajstić information content (AvgIpc) is 2.45. The van der Waals surface area contributed by atoms with E-state index in [-0.39, 0.29) is 5.41 Å². The molecule has 0 radical (unpaired) electrons. The lowest BCUT2D eigenvalue weighted by Crippen LogP contribution is -2.22. The molecular weight excluding hydrogens is 275 g/mol. The van der Waals surface area contributed by atoms with Crippen molar-refractivity contribution in [1.82, 2.24) is 9.78 Å². The summed E-state index contributed by atoms with van der Waals surface area (Å²) in [7, 11) is 1.98. The van der Waals surface area contributed by atoms with Gasteiger partial charge in [0, 0.05) is 12.9 Å². The second kappa shape index (κ2) is 4.88. The topological polar surface area (TPSA) is 17.8 Å². The summed E-state index contributed by atoms with van der Waals surface area (Å²) in [5.41, 5.74) is 2.43. The standard InChI is InChI=1S/C11H18BrClN2/c1-5-11(3,7-13)6-9-10(12)8(2)14-15(9)4/h5-7H2,1-4H3. The smallest absolute Gasteiger partial charge is 0.0738 e. The highest BCUT2D eigenvalue weighted by molar-refractivity contribution is 9.10. The predicted octanol–water partition coefficient (Wildman–Crippen LogP) is 3.69. The summed E-state index contributed by atoms with van der Waals surface area (Å²) in [5.74, 6) is 0.681. The Hall–Kier alpha value is -0.0200. The van der Waals surface area contributed by atoms with Gasteiger partial charge in [-0.2, -0.15) is 5.10 Å². The molecule has 0 N–H and O–H groups in total. The summed E-state index contributed by atoms with van der Waals surface area (Å²) in [4.78, 5) is 0. The van der Waals surface area contributed by atoms with E-state index in [0.29, 0.717) is 5.88 Å². The van der Waals surface area contributed by atoms with Gasteiger partial charge in [0.25, 0.3) is 0 Å². The van der Waals surface area contributed by atoms with Crippen molar-refractivity contribution in [2.45, 2.75) is 33.6 Å². The van der Waals surface area contributed by atoms with Gasteiger partial charge in [-0.25, -0.2) is 0 Å². The van der Waals surface area contributed by atoms with Crippen molar-refractivity contribution >= 4 is 27.5 Å². The molecular formula is C11H18BrClN2. The molecule has 1 rings (SSSR count). The first-order chi connectivity index (χ1) is 6.93. The van der Waals surface area contributed by atoms with Crippen molar-refractivity contribution in [3.05, 3.63) is 15.9 Å². The predicted molar refractivity (Wildman–Crippen MR) is 68.5 cm³/mol. The lowest BCUT2D eigenvalue weighted by atomic mass is 9.85. The van der Waals surface area contributed by atoms with Crippen molar-refractivity contribution in [3.8, 4) is 0 Å². The van der Waals surface area contributed by atoms with E-state index in [0.717, 1.165) is 23.0 Å². The largest absolute Gasteiger partial charge is 0.271 e. The van der Waals surface area contributed by atoms with Gasteiger partial charge in [-0.1, -0.05) is 13.8 Å². The van der Waals surface area contributed by atoms with Crippen LogP contribution < -0.4 is 0 Å². The molecule has 0 spiro atoms. The quantitative estimate of drug-likeness (QED) is 0.774. The zero-order valence-electron chi connectivity index (χ0n) is 9.77. The monoisotopic (exact) mass is 292 g/mol. The van der Waals surface area contributed by atoms with E-state index in [9.17, 15) is 0 Å². The molecule has 1 heterocycles. The molecule has 0 saturated heterocycles. The molecule has 0 saturated carbocycles. The van der Waals surface area contributed by atoms with Crippen molar-refractivity contribution in [2.24, 2.45) is 12.5 Å². The second-order valence-corrected chi connectivity index (χ2v) is 5.50. The van der Waals surface area contributed by atoms with Gasteiger partial charge in [0.05, 0.1) is 15.9 Å². The molecule has 0 bridgehead atoms. The van der Waals surface area contributed by atoms with Crippen LogP contribution in [-0.4, -0.2) is 15.7 Å². The Labute approximate surface area is 105 Å². The zero-order chi connectivity index (χ0) is 11.6. The molecule has 0 aromatic carbocycles. The highest BCUT2D eigenvalue weighted by Gasteiger charge is 2.25. The van der Waals surface area contributed by atoms with Crippen LogP contribution in [0.2, 0.25) is 0 Å². The molecule has 0 aliphatic carbocycles. The maximum atomic E-state index is 6.03. The highest BCUT2D eigenvalue weighted by Crippen LogP contribution is 2.31. The normalized spacial score (nSPS) is 15.3. The second-order valence-electron chi connectivity index (χ2n) is 4.44. The number of rotatable bonds is 4. The third-order valence-corrected chi connectivity index (χ3v) is 4.71. The maximum absolute atomic E-state index is 6.03. The lowest BCUT2D eigenvalue weighted by Gasteiger charge is -2.25. The summed E-state index contributed by atoms with van der Waals surface area (Å²) in [6.07, 6.45) is 2.04. The Morgan fingerprint density at radius 2 is 2.13 bits per heavy atom. The Balaban J connectivity index is 2.98. The van der Waals surface area contributed by atoms with Gasteiger partial charge in [0.1, 0.15) is 0 Å². The molecule has 86 valence electrons. The Kier molecular flexibility index (Phi) is 4.24. The molecule has 1 aromatic rings. The van der Waals surface area contributed by atoms with E-state index in [1.54, 1.807) is 0 Å². The van der Waals surface area contributed by atoms with Crippen LogP contribution in [0.5, 0.6) is 0 Å². The van der Waals surface area contributed by atoms with Crippen LogP contribution >= 0.6 is 27.5 Å². The van der Waals surface area contributed by atoms with Crippen molar-refractivity contribution < 1.29 is 0 Å². The summed E-state index contributed by atoms with van der Waals surface area (Å²) in [6, 6.07) is 0. The molecule has 0 aliphatic rings. The molecule has 1 atom stereocenters. The number of aromatic nitrogens is 2. The van der Waals surface area contributed by atoms with Crippen LogP contribution in [-0.2, 0) is 13.5 Å². The fourth-order valence-electron chi connectivity index (χ4n) is 1.54. The third kappa shape index (κ3) is 2.76. The molecule has 4 heteroatoms. The van der Waals surface area contributed by atoms with E-state index in [1.165, 1.54) is 5.69 Å². The molecule has 1 unspecified atom stereocenters. The van der Waals surface area contributed by atoms with Crippen molar-refractivity contribution in [3.63, 3.8) is 0 Å². The van der Waals surface area contributed by atoms with E-state index in [2.05, 4.69) is 34.9 Å². The van der Waals surface area contributed by atoms with Crippen molar-refractivity contribution in [1.29, 1.82) is 0 Å². The van der Waals surface area contributed by atoms with Crippen LogP contribution in [0, 0.1) is 12.3 Å². The van der Waals surface area contributed by atoms with Crippen LogP contribution in [0.15, 0.2) is 4.47 Å². The molecule has 15 heavy (non-hydrogen) atoms. The summed E-state index contributed by atoms with van der Waals surface area (Å²) < 4.78 is 3.06. The third-order valence-electron chi connectivity index (χ3n) is 3.03. The number of alkyl halides is 1. The average molecular weight is 294 g/mol. The lowest BCUT2D eigenvalue weighted by molar-refractivity contribution is 0.345. The number of aryl methyl sites for hydroxylation is 2. The minimum Gasteiger partial charge on any atom is -0.271 e. The fourth-order valence-corrected chi connectivity index (χ4v) is 2.30. The molecule has 2 nitrogen and oxygen atoms in total. The van der Waals surface area contributed by atoms with Gasteiger partial charge >= 0.3 is 0 Å². The van der Waals surface area contributed by atoms with Gasteiger partial charge in [-0.15, -0.1) is 11.6 Å².